The summed E-state index contributed by atoms with van der Waals surface area (Å²) in [6.07, 6.45) is 0.622. The molecule has 4 heteroatoms. The van der Waals surface area contributed by atoms with Crippen LogP contribution in [0, 0.1) is 11.8 Å². The molecule has 0 fully saturated rings. The Labute approximate surface area is 129 Å². The number of carbonyl (C=O) groups excluding carboxylic acids is 1. The molecule has 22 heavy (non-hydrogen) atoms. The molecule has 0 aliphatic rings. The second-order valence-corrected chi connectivity index (χ2v) is 5.33. The van der Waals surface area contributed by atoms with Crippen molar-refractivity contribution in [1.82, 2.24) is 0 Å². The van der Waals surface area contributed by atoms with Crippen molar-refractivity contribution in [2.24, 2.45) is 17.6 Å². The van der Waals surface area contributed by atoms with Gasteiger partial charge in [-0.15, -0.1) is 0 Å². The van der Waals surface area contributed by atoms with E-state index in [0.29, 0.717) is 6.42 Å². The molecule has 2 aromatic rings. The van der Waals surface area contributed by atoms with Crippen LogP contribution >= 0.6 is 0 Å². The first kappa shape index (κ1) is 15.8. The maximum atomic E-state index is 11.8. The van der Waals surface area contributed by atoms with Crippen molar-refractivity contribution in [3.8, 4) is 0 Å². The van der Waals surface area contributed by atoms with E-state index in [1.807, 2.05) is 60.7 Å². The first-order chi connectivity index (χ1) is 10.6. The van der Waals surface area contributed by atoms with Gasteiger partial charge in [-0.3, -0.25) is 9.59 Å². The fourth-order valence-electron chi connectivity index (χ4n) is 2.58. The molecule has 4 nitrogen and oxygen atoms in total. The first-order valence-corrected chi connectivity index (χ1v) is 7.18. The number of carboxylic acid groups (broad SMARTS) is 1. The summed E-state index contributed by atoms with van der Waals surface area (Å²) in [5.41, 5.74) is 7.27. The van der Waals surface area contributed by atoms with E-state index in [-0.39, 0.29) is 6.42 Å². The van der Waals surface area contributed by atoms with Crippen LogP contribution in [0.2, 0.25) is 0 Å². The minimum Gasteiger partial charge on any atom is -0.481 e. The molecule has 0 aliphatic carbocycles. The number of primary amides is 1. The van der Waals surface area contributed by atoms with Gasteiger partial charge in [0, 0.05) is 0 Å². The third-order valence-electron chi connectivity index (χ3n) is 3.77. The summed E-state index contributed by atoms with van der Waals surface area (Å²) in [7, 11) is 0. The van der Waals surface area contributed by atoms with Crippen molar-refractivity contribution in [2.75, 3.05) is 0 Å². The number of aliphatic carboxylic acids is 1. The van der Waals surface area contributed by atoms with Gasteiger partial charge in [0.25, 0.3) is 0 Å². The highest BCUT2D eigenvalue weighted by Crippen LogP contribution is 2.22. The third-order valence-corrected chi connectivity index (χ3v) is 3.77. The van der Waals surface area contributed by atoms with Gasteiger partial charge in [0.15, 0.2) is 0 Å². The molecule has 1 amide bonds. The Bertz CT molecular complexity index is 568. The Morgan fingerprint density at radius 3 is 1.59 bits per heavy atom. The van der Waals surface area contributed by atoms with Gasteiger partial charge in [-0.05, 0) is 24.0 Å². The predicted molar refractivity (Wildman–Crippen MR) is 84.1 cm³/mol. The van der Waals surface area contributed by atoms with E-state index in [1.54, 1.807) is 0 Å². The van der Waals surface area contributed by atoms with Crippen LogP contribution in [-0.4, -0.2) is 17.0 Å². The van der Waals surface area contributed by atoms with Crippen molar-refractivity contribution >= 4 is 11.9 Å². The highest BCUT2D eigenvalue weighted by atomic mass is 16.4. The molecule has 0 aliphatic heterocycles. The summed E-state index contributed by atoms with van der Waals surface area (Å²) in [5.74, 6) is -3.14. The number of carbonyl (C=O) groups is 2. The zero-order valence-corrected chi connectivity index (χ0v) is 12.2. The fraction of sp³-hybridized carbons (Fsp3) is 0.222. The first-order valence-electron chi connectivity index (χ1n) is 7.18. The number of hydrogen-bond donors (Lipinski definition) is 2. The van der Waals surface area contributed by atoms with Gasteiger partial charge in [0.2, 0.25) is 5.91 Å². The lowest BCUT2D eigenvalue weighted by Crippen LogP contribution is -2.37. The van der Waals surface area contributed by atoms with E-state index in [2.05, 4.69) is 0 Å². The molecule has 114 valence electrons. The van der Waals surface area contributed by atoms with Crippen LogP contribution in [0.5, 0.6) is 0 Å². The summed E-state index contributed by atoms with van der Waals surface area (Å²) in [4.78, 5) is 23.4. The molecule has 0 saturated heterocycles. The van der Waals surface area contributed by atoms with Gasteiger partial charge >= 0.3 is 5.97 Å². The quantitative estimate of drug-likeness (QED) is 0.822. The topological polar surface area (TPSA) is 80.4 Å². The fourth-order valence-corrected chi connectivity index (χ4v) is 2.58. The second kappa shape index (κ2) is 7.41. The van der Waals surface area contributed by atoms with Crippen LogP contribution in [0.15, 0.2) is 60.7 Å². The zero-order valence-electron chi connectivity index (χ0n) is 12.2. The molecule has 0 aromatic heterocycles. The van der Waals surface area contributed by atoms with E-state index in [1.165, 1.54) is 0 Å². The minimum atomic E-state index is -0.997. The minimum absolute atomic E-state index is 0.288. The maximum absolute atomic E-state index is 11.8. The summed E-state index contributed by atoms with van der Waals surface area (Å²) in [6.45, 7) is 0. The van der Waals surface area contributed by atoms with Crippen LogP contribution < -0.4 is 5.73 Å². The van der Waals surface area contributed by atoms with Crippen molar-refractivity contribution in [1.29, 1.82) is 0 Å². The average Bonchev–Trinajstić information content (AvgIpc) is 2.52. The summed E-state index contributed by atoms with van der Waals surface area (Å²) < 4.78 is 0. The Balaban J connectivity index is 2.22. The van der Waals surface area contributed by atoms with Gasteiger partial charge in [-0.1, -0.05) is 60.7 Å². The van der Waals surface area contributed by atoms with Crippen LogP contribution in [0.4, 0.5) is 0 Å². The van der Waals surface area contributed by atoms with Gasteiger partial charge in [0.05, 0.1) is 11.8 Å². The van der Waals surface area contributed by atoms with Crippen molar-refractivity contribution in [3.05, 3.63) is 71.8 Å². The lowest BCUT2D eigenvalue weighted by atomic mass is 9.82. The van der Waals surface area contributed by atoms with Crippen LogP contribution in [-0.2, 0) is 22.4 Å². The van der Waals surface area contributed by atoms with Gasteiger partial charge in [-0.2, -0.15) is 0 Å². The van der Waals surface area contributed by atoms with Gasteiger partial charge < -0.3 is 10.8 Å². The molecular weight excluding hydrogens is 278 g/mol. The number of rotatable bonds is 7. The second-order valence-electron chi connectivity index (χ2n) is 5.33. The van der Waals surface area contributed by atoms with Crippen LogP contribution in [0.25, 0.3) is 0 Å². The number of hydrogen-bond acceptors (Lipinski definition) is 2. The molecule has 3 N–H and O–H groups in total. The standard InChI is InChI=1S/C18H19NO3/c19-17(20)15(11-13-7-3-1-4-8-13)16(18(21)22)12-14-9-5-2-6-10-14/h1-10,15-16H,11-12H2,(H2,19,20)(H,21,22)/t15-,16-/m1/s1. The predicted octanol–water partition coefficient (Wildman–Crippen LogP) is 2.27. The maximum Gasteiger partial charge on any atom is 0.307 e. The third kappa shape index (κ3) is 4.19. The van der Waals surface area contributed by atoms with E-state index in [4.69, 9.17) is 5.73 Å². The molecule has 0 unspecified atom stereocenters. The molecule has 0 saturated carbocycles. The van der Waals surface area contributed by atoms with E-state index < -0.39 is 23.7 Å². The Hall–Kier alpha value is -2.62. The van der Waals surface area contributed by atoms with Crippen LogP contribution in [0.3, 0.4) is 0 Å². The Kier molecular flexibility index (Phi) is 5.31. The smallest absolute Gasteiger partial charge is 0.307 e. The number of amides is 1. The molecule has 0 heterocycles. The number of carboxylic acids is 1. The van der Waals surface area contributed by atoms with E-state index >= 15 is 0 Å². The molecule has 0 bridgehead atoms. The lowest BCUT2D eigenvalue weighted by molar-refractivity contribution is -0.146. The molecule has 0 spiro atoms. The molecule has 2 aromatic carbocycles. The van der Waals surface area contributed by atoms with Gasteiger partial charge in [0.1, 0.15) is 0 Å². The Morgan fingerprint density at radius 1 is 0.818 bits per heavy atom. The number of benzene rings is 2. The van der Waals surface area contributed by atoms with Crippen molar-refractivity contribution in [2.45, 2.75) is 12.8 Å². The Morgan fingerprint density at radius 2 is 1.23 bits per heavy atom. The monoisotopic (exact) mass is 297 g/mol. The highest BCUT2D eigenvalue weighted by Gasteiger charge is 2.32. The van der Waals surface area contributed by atoms with Crippen molar-refractivity contribution < 1.29 is 14.7 Å². The molecular formula is C18H19NO3. The largest absolute Gasteiger partial charge is 0.481 e. The molecule has 2 rings (SSSR count). The SMILES string of the molecule is NC(=O)[C@H](Cc1ccccc1)[C@@H](Cc1ccccc1)C(=O)O. The van der Waals surface area contributed by atoms with E-state index in [9.17, 15) is 14.7 Å². The normalized spacial score (nSPS) is 13.3. The highest BCUT2D eigenvalue weighted by molar-refractivity contribution is 5.84. The van der Waals surface area contributed by atoms with Crippen LogP contribution in [0.1, 0.15) is 11.1 Å². The van der Waals surface area contributed by atoms with Gasteiger partial charge in [-0.25, -0.2) is 0 Å². The van der Waals surface area contributed by atoms with Crippen molar-refractivity contribution in [3.63, 3.8) is 0 Å². The lowest BCUT2D eigenvalue weighted by Gasteiger charge is -2.21. The van der Waals surface area contributed by atoms with E-state index in [0.717, 1.165) is 11.1 Å². The zero-order chi connectivity index (χ0) is 15.9. The molecule has 2 atom stereocenters. The summed E-state index contributed by atoms with van der Waals surface area (Å²) in [5, 5.41) is 9.52. The summed E-state index contributed by atoms with van der Waals surface area (Å²) >= 11 is 0. The molecule has 0 radical (unpaired) electrons. The summed E-state index contributed by atoms with van der Waals surface area (Å²) in [6, 6.07) is 18.6. The average molecular weight is 297 g/mol. The number of nitrogens with two attached hydrogens (primary N) is 1.